The molecule has 1 N–H and O–H groups in total. The first-order valence-corrected chi connectivity index (χ1v) is 9.40. The van der Waals surface area contributed by atoms with Crippen LogP contribution in [0.2, 0.25) is 0 Å². The Morgan fingerprint density at radius 2 is 1.87 bits per heavy atom. The number of nitro groups is 1. The number of benzene rings is 3. The van der Waals surface area contributed by atoms with Crippen molar-refractivity contribution in [2.75, 3.05) is 5.32 Å². The second-order valence-corrected chi connectivity index (χ2v) is 6.78. The summed E-state index contributed by atoms with van der Waals surface area (Å²) in [5, 5.41) is 22.9. The fourth-order valence-electron chi connectivity index (χ4n) is 2.82. The fourth-order valence-corrected chi connectivity index (χ4v) is 2.82. The first-order valence-electron chi connectivity index (χ1n) is 9.40. The molecule has 0 saturated heterocycles. The maximum Gasteiger partial charge on any atom is 0.269 e. The largest absolute Gasteiger partial charge is 0.489 e. The van der Waals surface area contributed by atoms with Gasteiger partial charge in [-0.1, -0.05) is 36.4 Å². The molecule has 0 aliphatic rings. The van der Waals surface area contributed by atoms with Crippen molar-refractivity contribution in [3.63, 3.8) is 0 Å². The standard InChI is InChI=1S/C24H19N3O4/c1-17-4-2-6-21(12-17)26-24(28)20(15-25)13-18-8-10-23(11-9-18)31-16-19-5-3-7-22(14-19)27(29)30/h2-14H,16H2,1H3,(H,26,28)/b20-13-. The van der Waals surface area contributed by atoms with E-state index >= 15 is 0 Å². The van der Waals surface area contributed by atoms with Crippen molar-refractivity contribution in [2.24, 2.45) is 0 Å². The zero-order valence-electron chi connectivity index (χ0n) is 16.7. The van der Waals surface area contributed by atoms with Gasteiger partial charge in [0.25, 0.3) is 11.6 Å². The van der Waals surface area contributed by atoms with Gasteiger partial charge in [0.1, 0.15) is 24.0 Å². The Bertz CT molecular complexity index is 1180. The van der Waals surface area contributed by atoms with Gasteiger partial charge in [0, 0.05) is 17.8 Å². The minimum atomic E-state index is -0.487. The van der Waals surface area contributed by atoms with E-state index in [2.05, 4.69) is 5.32 Å². The summed E-state index contributed by atoms with van der Waals surface area (Å²) in [6.45, 7) is 2.10. The molecule has 154 valence electrons. The molecule has 7 heteroatoms. The third-order valence-electron chi connectivity index (χ3n) is 4.36. The number of carbonyl (C=O) groups excluding carboxylic acids is 1. The van der Waals surface area contributed by atoms with Crippen molar-refractivity contribution in [3.8, 4) is 11.8 Å². The molecular weight excluding hydrogens is 394 g/mol. The molecule has 1 amide bonds. The van der Waals surface area contributed by atoms with Gasteiger partial charge in [-0.15, -0.1) is 0 Å². The molecule has 3 aromatic carbocycles. The highest BCUT2D eigenvalue weighted by Gasteiger charge is 2.10. The third-order valence-corrected chi connectivity index (χ3v) is 4.36. The van der Waals surface area contributed by atoms with Crippen LogP contribution in [-0.2, 0) is 11.4 Å². The van der Waals surface area contributed by atoms with Crippen LogP contribution in [0.1, 0.15) is 16.7 Å². The molecule has 0 saturated carbocycles. The van der Waals surface area contributed by atoms with Crippen molar-refractivity contribution in [3.05, 3.63) is 105 Å². The molecular formula is C24H19N3O4. The molecule has 0 unspecified atom stereocenters. The van der Waals surface area contributed by atoms with E-state index in [1.165, 1.54) is 18.2 Å². The predicted molar refractivity (Wildman–Crippen MR) is 117 cm³/mol. The SMILES string of the molecule is Cc1cccc(NC(=O)/C(C#N)=C\c2ccc(OCc3cccc([N+](=O)[O-])c3)cc2)c1. The smallest absolute Gasteiger partial charge is 0.269 e. The summed E-state index contributed by atoms with van der Waals surface area (Å²) in [6.07, 6.45) is 1.50. The van der Waals surface area contributed by atoms with Gasteiger partial charge in [-0.05, 0) is 54.0 Å². The number of nitrogens with zero attached hydrogens (tertiary/aromatic N) is 2. The van der Waals surface area contributed by atoms with Gasteiger partial charge in [-0.2, -0.15) is 5.26 Å². The Hall–Kier alpha value is -4.44. The van der Waals surface area contributed by atoms with Gasteiger partial charge in [0.2, 0.25) is 0 Å². The number of hydrogen-bond donors (Lipinski definition) is 1. The number of rotatable bonds is 7. The molecule has 0 heterocycles. The first kappa shape index (κ1) is 21.3. The summed E-state index contributed by atoms with van der Waals surface area (Å²) in [6, 6.07) is 22.3. The van der Waals surface area contributed by atoms with Crippen molar-refractivity contribution < 1.29 is 14.5 Å². The molecule has 3 rings (SSSR count). The van der Waals surface area contributed by atoms with Crippen molar-refractivity contribution in [1.29, 1.82) is 5.26 Å². The zero-order valence-corrected chi connectivity index (χ0v) is 16.7. The molecule has 0 spiro atoms. The average Bonchev–Trinajstić information content (AvgIpc) is 2.77. The van der Waals surface area contributed by atoms with Gasteiger partial charge < -0.3 is 10.1 Å². The molecule has 31 heavy (non-hydrogen) atoms. The molecule has 7 nitrogen and oxygen atoms in total. The van der Waals surface area contributed by atoms with Crippen LogP contribution in [-0.4, -0.2) is 10.8 Å². The fraction of sp³-hybridized carbons (Fsp3) is 0.0833. The molecule has 3 aromatic rings. The maximum absolute atomic E-state index is 12.4. The van der Waals surface area contributed by atoms with E-state index in [0.29, 0.717) is 22.6 Å². The van der Waals surface area contributed by atoms with Crippen LogP contribution < -0.4 is 10.1 Å². The van der Waals surface area contributed by atoms with Gasteiger partial charge >= 0.3 is 0 Å². The summed E-state index contributed by atoms with van der Waals surface area (Å²) in [7, 11) is 0. The van der Waals surface area contributed by atoms with Crippen LogP contribution in [0, 0.1) is 28.4 Å². The maximum atomic E-state index is 12.4. The van der Waals surface area contributed by atoms with Crippen LogP contribution in [0.15, 0.2) is 78.4 Å². The molecule has 0 atom stereocenters. The summed E-state index contributed by atoms with van der Waals surface area (Å²) in [5.41, 5.74) is 2.95. The van der Waals surface area contributed by atoms with Gasteiger partial charge in [0.15, 0.2) is 0 Å². The Kier molecular flexibility index (Phi) is 6.76. The second-order valence-electron chi connectivity index (χ2n) is 6.78. The van der Waals surface area contributed by atoms with Crippen LogP contribution >= 0.6 is 0 Å². The average molecular weight is 413 g/mol. The monoisotopic (exact) mass is 413 g/mol. The van der Waals surface area contributed by atoms with E-state index < -0.39 is 10.8 Å². The molecule has 0 aromatic heterocycles. The molecule has 0 bridgehead atoms. The summed E-state index contributed by atoms with van der Waals surface area (Å²) >= 11 is 0. The molecule has 0 aliphatic carbocycles. The number of nitriles is 1. The normalized spacial score (nSPS) is 10.8. The van der Waals surface area contributed by atoms with E-state index in [1.54, 1.807) is 42.5 Å². The quantitative estimate of drug-likeness (QED) is 0.253. The minimum Gasteiger partial charge on any atom is -0.489 e. The molecule has 0 radical (unpaired) electrons. The van der Waals surface area contributed by atoms with Gasteiger partial charge in [0.05, 0.1) is 4.92 Å². The van der Waals surface area contributed by atoms with Crippen LogP contribution in [0.5, 0.6) is 5.75 Å². The number of aryl methyl sites for hydroxylation is 1. The highest BCUT2D eigenvalue weighted by Crippen LogP contribution is 2.19. The second kappa shape index (κ2) is 9.85. The van der Waals surface area contributed by atoms with Gasteiger partial charge in [-0.25, -0.2) is 0 Å². The summed E-state index contributed by atoms with van der Waals surface area (Å²) < 4.78 is 5.66. The van der Waals surface area contributed by atoms with E-state index in [0.717, 1.165) is 5.56 Å². The molecule has 0 fully saturated rings. The van der Waals surface area contributed by atoms with E-state index in [9.17, 15) is 20.2 Å². The van der Waals surface area contributed by atoms with E-state index in [4.69, 9.17) is 4.74 Å². The topological polar surface area (TPSA) is 105 Å². The lowest BCUT2D eigenvalue weighted by atomic mass is 10.1. The Labute approximate surface area is 179 Å². The zero-order chi connectivity index (χ0) is 22.2. The number of nitro benzene ring substituents is 1. The Balaban J connectivity index is 1.65. The lowest BCUT2D eigenvalue weighted by Gasteiger charge is -2.07. The number of anilines is 1. The first-order chi connectivity index (χ1) is 14.9. The predicted octanol–water partition coefficient (Wildman–Crippen LogP) is 5.03. The highest BCUT2D eigenvalue weighted by molar-refractivity contribution is 6.09. The number of amides is 1. The lowest BCUT2D eigenvalue weighted by molar-refractivity contribution is -0.384. The van der Waals surface area contributed by atoms with Crippen LogP contribution in [0.4, 0.5) is 11.4 Å². The van der Waals surface area contributed by atoms with Crippen molar-refractivity contribution in [1.82, 2.24) is 0 Å². The number of hydrogen-bond acceptors (Lipinski definition) is 5. The molecule has 0 aliphatic heterocycles. The minimum absolute atomic E-state index is 0.00885. The van der Waals surface area contributed by atoms with Crippen molar-refractivity contribution in [2.45, 2.75) is 13.5 Å². The summed E-state index contributed by atoms with van der Waals surface area (Å²) in [4.78, 5) is 22.8. The number of carbonyl (C=O) groups is 1. The third kappa shape index (κ3) is 6.02. The Morgan fingerprint density at radius 1 is 1.13 bits per heavy atom. The van der Waals surface area contributed by atoms with E-state index in [1.807, 2.05) is 31.2 Å². The number of non-ortho nitro benzene ring substituents is 1. The van der Waals surface area contributed by atoms with Crippen LogP contribution in [0.3, 0.4) is 0 Å². The van der Waals surface area contributed by atoms with Crippen molar-refractivity contribution >= 4 is 23.4 Å². The highest BCUT2D eigenvalue weighted by atomic mass is 16.6. The summed E-state index contributed by atoms with van der Waals surface area (Å²) in [5.74, 6) is 0.0745. The van der Waals surface area contributed by atoms with E-state index in [-0.39, 0.29) is 17.9 Å². The Morgan fingerprint density at radius 3 is 2.55 bits per heavy atom. The van der Waals surface area contributed by atoms with Gasteiger partial charge in [-0.3, -0.25) is 14.9 Å². The lowest BCUT2D eigenvalue weighted by Crippen LogP contribution is -2.13. The number of ether oxygens (including phenoxy) is 1. The number of nitrogens with one attached hydrogen (secondary N) is 1. The van der Waals surface area contributed by atoms with Crippen LogP contribution in [0.25, 0.3) is 6.08 Å².